The number of piperidine rings is 1. The van der Waals surface area contributed by atoms with Crippen LogP contribution in [-0.4, -0.2) is 56.3 Å². The maximum absolute atomic E-state index is 12.1. The molecule has 0 bridgehead atoms. The number of nitrogens with zero attached hydrogens (tertiary/aromatic N) is 2. The average molecular weight is 518 g/mol. The third-order valence-corrected chi connectivity index (χ3v) is 4.47. The molecule has 0 radical (unpaired) electrons. The summed E-state index contributed by atoms with van der Waals surface area (Å²) in [5.41, 5.74) is 1.68. The van der Waals surface area contributed by atoms with Gasteiger partial charge in [0.15, 0.2) is 5.96 Å². The first-order chi connectivity index (χ1) is 13.6. The minimum absolute atomic E-state index is 0. The Morgan fingerprint density at radius 3 is 2.59 bits per heavy atom. The Morgan fingerprint density at radius 1 is 1.24 bits per heavy atom. The van der Waals surface area contributed by atoms with Crippen molar-refractivity contribution in [1.82, 2.24) is 10.2 Å². The predicted molar refractivity (Wildman–Crippen MR) is 124 cm³/mol. The number of rotatable bonds is 6. The van der Waals surface area contributed by atoms with Crippen molar-refractivity contribution in [2.24, 2.45) is 10.9 Å². The number of methoxy groups -OCH3 is 1. The van der Waals surface area contributed by atoms with E-state index < -0.39 is 6.09 Å². The van der Waals surface area contributed by atoms with Gasteiger partial charge < -0.3 is 19.7 Å². The number of nitrogens with one attached hydrogen (secondary N) is 2. The molecule has 8 nitrogen and oxygen atoms in total. The lowest BCUT2D eigenvalue weighted by atomic mass is 9.98. The van der Waals surface area contributed by atoms with Gasteiger partial charge in [-0.1, -0.05) is 12.1 Å². The number of anilines is 1. The molecule has 2 N–H and O–H groups in total. The molecule has 0 saturated carbocycles. The van der Waals surface area contributed by atoms with Crippen LogP contribution in [-0.2, 0) is 20.8 Å². The fourth-order valence-corrected chi connectivity index (χ4v) is 3.08. The van der Waals surface area contributed by atoms with Gasteiger partial charge in [0.25, 0.3) is 0 Å². The molecule has 1 heterocycles. The molecule has 1 aliphatic heterocycles. The van der Waals surface area contributed by atoms with Crippen LogP contribution in [0.15, 0.2) is 29.3 Å². The van der Waals surface area contributed by atoms with E-state index in [9.17, 15) is 9.59 Å². The van der Waals surface area contributed by atoms with E-state index in [-0.39, 0.29) is 35.9 Å². The summed E-state index contributed by atoms with van der Waals surface area (Å²) in [7, 11) is 1.33. The van der Waals surface area contributed by atoms with Crippen LogP contribution in [0.3, 0.4) is 0 Å². The van der Waals surface area contributed by atoms with Crippen LogP contribution in [0.4, 0.5) is 10.5 Å². The summed E-state index contributed by atoms with van der Waals surface area (Å²) in [6.45, 7) is 7.00. The summed E-state index contributed by atoms with van der Waals surface area (Å²) in [6, 6.07) is 7.45. The Labute approximate surface area is 189 Å². The zero-order valence-electron chi connectivity index (χ0n) is 17.3. The van der Waals surface area contributed by atoms with Crippen molar-refractivity contribution in [3.05, 3.63) is 29.8 Å². The first kappa shape index (κ1) is 25.0. The number of likely N-dealkylation sites (tertiary alicyclic amines) is 1. The smallest absolute Gasteiger partial charge is 0.411 e. The van der Waals surface area contributed by atoms with Gasteiger partial charge in [-0.3, -0.25) is 10.1 Å². The van der Waals surface area contributed by atoms with Crippen LogP contribution in [0.2, 0.25) is 0 Å². The third kappa shape index (κ3) is 8.08. The fraction of sp³-hybridized carbons (Fsp3) is 0.550. The third-order valence-electron chi connectivity index (χ3n) is 4.47. The summed E-state index contributed by atoms with van der Waals surface area (Å²) in [5, 5.41) is 5.93. The monoisotopic (exact) mass is 518 g/mol. The molecule has 162 valence electrons. The maximum atomic E-state index is 12.1. The second-order valence-electron chi connectivity index (χ2n) is 6.52. The highest BCUT2D eigenvalue weighted by atomic mass is 127. The number of aliphatic imine (C=N–C) groups is 1. The number of esters is 1. The van der Waals surface area contributed by atoms with Gasteiger partial charge in [0.2, 0.25) is 0 Å². The van der Waals surface area contributed by atoms with Crippen molar-refractivity contribution in [1.29, 1.82) is 0 Å². The van der Waals surface area contributed by atoms with Gasteiger partial charge in [-0.15, -0.1) is 24.0 Å². The number of carbonyl (C=O) groups is 2. The van der Waals surface area contributed by atoms with Crippen LogP contribution in [0.5, 0.6) is 0 Å². The van der Waals surface area contributed by atoms with E-state index in [1.54, 1.807) is 0 Å². The molecule has 2 rings (SSSR count). The first-order valence-corrected chi connectivity index (χ1v) is 9.71. The van der Waals surface area contributed by atoms with Gasteiger partial charge in [-0.25, -0.2) is 9.79 Å². The molecular formula is C20H31IN4O4. The second-order valence-corrected chi connectivity index (χ2v) is 6.52. The van der Waals surface area contributed by atoms with Gasteiger partial charge in [0, 0.05) is 25.3 Å². The molecule has 1 atom stereocenters. The topological polar surface area (TPSA) is 92.3 Å². The maximum Gasteiger partial charge on any atom is 0.411 e. The molecule has 1 aliphatic rings. The molecule has 0 aliphatic carbocycles. The molecule has 1 amide bonds. The van der Waals surface area contributed by atoms with E-state index >= 15 is 0 Å². The van der Waals surface area contributed by atoms with Gasteiger partial charge in [0.05, 0.1) is 26.2 Å². The fourth-order valence-electron chi connectivity index (χ4n) is 3.08. The van der Waals surface area contributed by atoms with E-state index in [0.29, 0.717) is 25.4 Å². The van der Waals surface area contributed by atoms with E-state index in [4.69, 9.17) is 9.73 Å². The molecule has 1 saturated heterocycles. The Balaban J connectivity index is 0.00000420. The normalized spacial score (nSPS) is 16.4. The van der Waals surface area contributed by atoms with Crippen molar-refractivity contribution >= 4 is 47.7 Å². The Kier molecular flexibility index (Phi) is 11.4. The number of hydrogen-bond acceptors (Lipinski definition) is 5. The van der Waals surface area contributed by atoms with Crippen molar-refractivity contribution in [2.45, 2.75) is 33.2 Å². The molecule has 1 aromatic rings. The second kappa shape index (κ2) is 13.2. The minimum atomic E-state index is -0.499. The molecule has 1 aromatic carbocycles. The molecule has 9 heteroatoms. The van der Waals surface area contributed by atoms with Gasteiger partial charge >= 0.3 is 12.1 Å². The summed E-state index contributed by atoms with van der Waals surface area (Å²) < 4.78 is 9.76. The lowest BCUT2D eigenvalue weighted by Gasteiger charge is -2.34. The van der Waals surface area contributed by atoms with Crippen LogP contribution in [0.1, 0.15) is 32.3 Å². The zero-order valence-corrected chi connectivity index (χ0v) is 19.6. The number of halogens is 1. The molecule has 0 spiro atoms. The van der Waals surface area contributed by atoms with Crippen molar-refractivity contribution in [3.8, 4) is 0 Å². The Bertz CT molecular complexity index is 682. The van der Waals surface area contributed by atoms with Crippen LogP contribution in [0, 0.1) is 5.92 Å². The number of benzene rings is 1. The summed E-state index contributed by atoms with van der Waals surface area (Å²) >= 11 is 0. The summed E-state index contributed by atoms with van der Waals surface area (Å²) in [5.74, 6) is 0.561. The Morgan fingerprint density at radius 2 is 1.97 bits per heavy atom. The largest absolute Gasteiger partial charge is 0.466 e. The van der Waals surface area contributed by atoms with Gasteiger partial charge in [-0.05, 0) is 44.4 Å². The Hall–Kier alpha value is -2.04. The highest BCUT2D eigenvalue weighted by Gasteiger charge is 2.28. The lowest BCUT2D eigenvalue weighted by molar-refractivity contribution is -0.149. The van der Waals surface area contributed by atoms with Crippen molar-refractivity contribution in [3.63, 3.8) is 0 Å². The van der Waals surface area contributed by atoms with E-state index in [2.05, 4.69) is 20.3 Å². The van der Waals surface area contributed by atoms with Gasteiger partial charge in [-0.2, -0.15) is 0 Å². The van der Waals surface area contributed by atoms with Crippen LogP contribution >= 0.6 is 24.0 Å². The number of guanidine groups is 1. The lowest BCUT2D eigenvalue weighted by Crippen LogP contribution is -2.48. The molecule has 1 unspecified atom stereocenters. The predicted octanol–water partition coefficient (Wildman–Crippen LogP) is 3.22. The van der Waals surface area contributed by atoms with Crippen molar-refractivity contribution < 1.29 is 19.1 Å². The highest BCUT2D eigenvalue weighted by Crippen LogP contribution is 2.18. The average Bonchev–Trinajstić information content (AvgIpc) is 2.72. The standard InChI is InChI=1S/C20H30N4O4.HI/c1-4-21-19(24-12-6-7-16(14-24)18(25)28-5-2)22-13-15-8-10-17(11-9-15)23-20(26)27-3;/h8-11,16H,4-7,12-14H2,1-3H3,(H,21,22)(H,23,26);1H. The highest BCUT2D eigenvalue weighted by molar-refractivity contribution is 14.0. The van der Waals surface area contributed by atoms with Crippen LogP contribution < -0.4 is 10.6 Å². The molecule has 29 heavy (non-hydrogen) atoms. The van der Waals surface area contributed by atoms with E-state index in [1.165, 1.54) is 7.11 Å². The number of carbonyl (C=O) groups excluding carboxylic acids is 2. The van der Waals surface area contributed by atoms with Crippen molar-refractivity contribution in [2.75, 3.05) is 38.7 Å². The van der Waals surface area contributed by atoms with E-state index in [0.717, 1.165) is 37.5 Å². The van der Waals surface area contributed by atoms with Crippen LogP contribution in [0.25, 0.3) is 0 Å². The molecule has 1 fully saturated rings. The number of ether oxygens (including phenoxy) is 2. The first-order valence-electron chi connectivity index (χ1n) is 9.71. The summed E-state index contributed by atoms with van der Waals surface area (Å²) in [6.07, 6.45) is 1.28. The molecular weight excluding hydrogens is 487 g/mol. The van der Waals surface area contributed by atoms with E-state index in [1.807, 2.05) is 38.1 Å². The number of hydrogen-bond donors (Lipinski definition) is 2. The minimum Gasteiger partial charge on any atom is -0.466 e. The quantitative estimate of drug-likeness (QED) is 0.260. The summed E-state index contributed by atoms with van der Waals surface area (Å²) in [4.78, 5) is 30.2. The number of amides is 1. The zero-order chi connectivity index (χ0) is 20.4. The SMILES string of the molecule is CCNC(=NCc1ccc(NC(=O)OC)cc1)N1CCCC(C(=O)OCC)C1.I. The molecule has 0 aromatic heterocycles. The van der Waals surface area contributed by atoms with Gasteiger partial charge in [0.1, 0.15) is 0 Å².